The molecule has 0 radical (unpaired) electrons. The standard InChI is InChI=1S/C11H23N3O2.HI/c1-8(2)5-6-13-11(12)14-7-9(3)10(15)16-4;/h8-9H,5-7H2,1-4H3,(H3,12,13,14);1H. The van der Waals surface area contributed by atoms with Gasteiger partial charge in [-0.05, 0) is 12.3 Å². The van der Waals surface area contributed by atoms with Crippen LogP contribution < -0.4 is 11.1 Å². The van der Waals surface area contributed by atoms with Crippen LogP contribution in [0.4, 0.5) is 0 Å². The van der Waals surface area contributed by atoms with Crippen molar-refractivity contribution in [1.82, 2.24) is 5.32 Å². The Morgan fingerprint density at radius 3 is 2.47 bits per heavy atom. The van der Waals surface area contributed by atoms with Gasteiger partial charge in [0.05, 0.1) is 19.6 Å². The number of nitrogens with two attached hydrogens (primary N) is 1. The average molecular weight is 357 g/mol. The highest BCUT2D eigenvalue weighted by atomic mass is 127. The molecule has 0 aliphatic rings. The van der Waals surface area contributed by atoms with Crippen LogP contribution in [0.3, 0.4) is 0 Å². The first-order valence-electron chi connectivity index (χ1n) is 5.59. The normalized spacial score (nSPS) is 12.9. The van der Waals surface area contributed by atoms with Crippen molar-refractivity contribution >= 4 is 35.9 Å². The van der Waals surface area contributed by atoms with E-state index in [1.54, 1.807) is 6.92 Å². The Hall–Kier alpha value is -0.530. The number of hydrogen-bond donors (Lipinski definition) is 2. The lowest BCUT2D eigenvalue weighted by atomic mass is 10.1. The number of nitrogens with zero attached hydrogens (tertiary/aromatic N) is 1. The van der Waals surface area contributed by atoms with Crippen LogP contribution in [-0.2, 0) is 9.53 Å². The smallest absolute Gasteiger partial charge is 0.310 e. The molecule has 0 saturated heterocycles. The fourth-order valence-electron chi connectivity index (χ4n) is 1.06. The van der Waals surface area contributed by atoms with Gasteiger partial charge in [-0.15, -0.1) is 24.0 Å². The first-order valence-corrected chi connectivity index (χ1v) is 5.59. The van der Waals surface area contributed by atoms with Crippen LogP contribution in [0, 0.1) is 11.8 Å². The van der Waals surface area contributed by atoms with Crippen molar-refractivity contribution in [3.63, 3.8) is 0 Å². The van der Waals surface area contributed by atoms with E-state index >= 15 is 0 Å². The Morgan fingerprint density at radius 2 is 2.00 bits per heavy atom. The second kappa shape index (κ2) is 10.6. The molecule has 0 spiro atoms. The van der Waals surface area contributed by atoms with Crippen molar-refractivity contribution < 1.29 is 9.53 Å². The molecule has 0 saturated carbocycles. The highest BCUT2D eigenvalue weighted by Gasteiger charge is 2.11. The maximum Gasteiger partial charge on any atom is 0.310 e. The molecule has 0 amide bonds. The number of guanidine groups is 1. The van der Waals surface area contributed by atoms with Gasteiger partial charge in [0.25, 0.3) is 0 Å². The van der Waals surface area contributed by atoms with Gasteiger partial charge in [-0.2, -0.15) is 0 Å². The van der Waals surface area contributed by atoms with Gasteiger partial charge in [-0.1, -0.05) is 20.8 Å². The van der Waals surface area contributed by atoms with Crippen molar-refractivity contribution in [3.05, 3.63) is 0 Å². The third kappa shape index (κ3) is 10.3. The van der Waals surface area contributed by atoms with Crippen molar-refractivity contribution in [2.75, 3.05) is 20.2 Å². The Bertz CT molecular complexity index is 245. The summed E-state index contributed by atoms with van der Waals surface area (Å²) in [5.41, 5.74) is 5.64. The number of rotatable bonds is 6. The molecular weight excluding hydrogens is 333 g/mol. The Labute approximate surface area is 121 Å². The lowest BCUT2D eigenvalue weighted by molar-refractivity contribution is -0.144. The number of halogens is 1. The molecule has 0 aromatic rings. The fourth-order valence-corrected chi connectivity index (χ4v) is 1.06. The predicted molar refractivity (Wildman–Crippen MR) is 80.5 cm³/mol. The van der Waals surface area contributed by atoms with Gasteiger partial charge in [-0.25, -0.2) is 0 Å². The number of aliphatic imine (C=N–C) groups is 1. The summed E-state index contributed by atoms with van der Waals surface area (Å²) in [6, 6.07) is 0. The molecule has 0 fully saturated rings. The van der Waals surface area contributed by atoms with Crippen LogP contribution in [0.1, 0.15) is 27.2 Å². The molecule has 102 valence electrons. The summed E-state index contributed by atoms with van der Waals surface area (Å²) in [5, 5.41) is 3.00. The third-order valence-corrected chi connectivity index (χ3v) is 2.17. The molecular formula is C11H24IN3O2. The highest BCUT2D eigenvalue weighted by molar-refractivity contribution is 14.0. The SMILES string of the molecule is COC(=O)C(C)CN=C(N)NCCC(C)C.I. The zero-order chi connectivity index (χ0) is 12.6. The summed E-state index contributed by atoms with van der Waals surface area (Å²) in [4.78, 5) is 15.1. The summed E-state index contributed by atoms with van der Waals surface area (Å²) in [6.07, 6.45) is 1.04. The average Bonchev–Trinajstić information content (AvgIpc) is 2.24. The van der Waals surface area contributed by atoms with Crippen molar-refractivity contribution in [3.8, 4) is 0 Å². The van der Waals surface area contributed by atoms with Gasteiger partial charge in [0, 0.05) is 6.54 Å². The monoisotopic (exact) mass is 357 g/mol. The van der Waals surface area contributed by atoms with E-state index in [4.69, 9.17) is 5.73 Å². The number of hydrogen-bond acceptors (Lipinski definition) is 3. The molecule has 3 N–H and O–H groups in total. The summed E-state index contributed by atoms with van der Waals surface area (Å²) >= 11 is 0. The Balaban J connectivity index is 0. The number of methoxy groups -OCH3 is 1. The largest absolute Gasteiger partial charge is 0.469 e. The quantitative estimate of drug-likeness (QED) is 0.326. The van der Waals surface area contributed by atoms with E-state index in [2.05, 4.69) is 28.9 Å². The van der Waals surface area contributed by atoms with Gasteiger partial charge < -0.3 is 15.8 Å². The fraction of sp³-hybridized carbons (Fsp3) is 0.818. The third-order valence-electron chi connectivity index (χ3n) is 2.17. The van der Waals surface area contributed by atoms with Crippen LogP contribution in [0.25, 0.3) is 0 Å². The Kier molecular flexibility index (Phi) is 11.8. The van der Waals surface area contributed by atoms with Crippen LogP contribution >= 0.6 is 24.0 Å². The molecule has 0 bridgehead atoms. The lowest BCUT2D eigenvalue weighted by Crippen LogP contribution is -2.33. The summed E-state index contributed by atoms with van der Waals surface area (Å²) in [5.74, 6) is 0.500. The Morgan fingerprint density at radius 1 is 1.41 bits per heavy atom. The van der Waals surface area contributed by atoms with E-state index in [0.717, 1.165) is 13.0 Å². The zero-order valence-electron chi connectivity index (χ0n) is 11.0. The summed E-state index contributed by atoms with van der Waals surface area (Å²) in [7, 11) is 1.37. The minimum atomic E-state index is -0.265. The van der Waals surface area contributed by atoms with Crippen LogP contribution in [0.2, 0.25) is 0 Å². The van der Waals surface area contributed by atoms with Crippen molar-refractivity contribution in [2.45, 2.75) is 27.2 Å². The summed E-state index contributed by atoms with van der Waals surface area (Å²) in [6.45, 7) is 7.21. The molecule has 0 aliphatic heterocycles. The summed E-state index contributed by atoms with van der Waals surface area (Å²) < 4.78 is 4.59. The first kappa shape index (κ1) is 18.8. The van der Waals surface area contributed by atoms with Gasteiger partial charge in [0.15, 0.2) is 5.96 Å². The van der Waals surface area contributed by atoms with Crippen molar-refractivity contribution in [1.29, 1.82) is 0 Å². The second-order valence-corrected chi connectivity index (χ2v) is 4.26. The number of ether oxygens (including phenoxy) is 1. The van der Waals surface area contributed by atoms with Crippen molar-refractivity contribution in [2.24, 2.45) is 22.6 Å². The van der Waals surface area contributed by atoms with Gasteiger partial charge in [0.1, 0.15) is 0 Å². The van der Waals surface area contributed by atoms with Crippen LogP contribution in [0.15, 0.2) is 4.99 Å². The first-order chi connectivity index (χ1) is 7.47. The molecule has 0 rings (SSSR count). The van der Waals surface area contributed by atoms with Gasteiger partial charge >= 0.3 is 5.97 Å². The van der Waals surface area contributed by atoms with E-state index in [1.807, 2.05) is 0 Å². The molecule has 0 heterocycles. The number of carbonyl (C=O) groups excluding carboxylic acids is 1. The maximum absolute atomic E-state index is 11.1. The molecule has 0 aromatic carbocycles. The highest BCUT2D eigenvalue weighted by Crippen LogP contribution is 1.98. The van der Waals surface area contributed by atoms with E-state index in [0.29, 0.717) is 18.4 Å². The number of carbonyl (C=O) groups is 1. The molecule has 0 aromatic heterocycles. The molecule has 6 heteroatoms. The molecule has 0 aliphatic carbocycles. The number of esters is 1. The zero-order valence-corrected chi connectivity index (χ0v) is 13.4. The van der Waals surface area contributed by atoms with Crippen LogP contribution in [0.5, 0.6) is 0 Å². The molecule has 1 atom stereocenters. The minimum absolute atomic E-state index is 0. The predicted octanol–water partition coefficient (Wildman–Crippen LogP) is 1.36. The van der Waals surface area contributed by atoms with E-state index in [1.165, 1.54) is 7.11 Å². The van der Waals surface area contributed by atoms with Gasteiger partial charge in [0.2, 0.25) is 0 Å². The second-order valence-electron chi connectivity index (χ2n) is 4.26. The molecule has 17 heavy (non-hydrogen) atoms. The van der Waals surface area contributed by atoms with E-state index in [9.17, 15) is 4.79 Å². The topological polar surface area (TPSA) is 76.7 Å². The maximum atomic E-state index is 11.1. The number of nitrogens with one attached hydrogen (secondary N) is 1. The van der Waals surface area contributed by atoms with E-state index in [-0.39, 0.29) is 35.9 Å². The van der Waals surface area contributed by atoms with Gasteiger partial charge in [-0.3, -0.25) is 9.79 Å². The lowest BCUT2D eigenvalue weighted by Gasteiger charge is -2.09. The van der Waals surface area contributed by atoms with Crippen LogP contribution in [-0.4, -0.2) is 32.1 Å². The molecule has 1 unspecified atom stereocenters. The van der Waals surface area contributed by atoms with E-state index < -0.39 is 0 Å². The molecule has 5 nitrogen and oxygen atoms in total. The minimum Gasteiger partial charge on any atom is -0.469 e.